The molecule has 206 valence electrons. The molecule has 0 atom stereocenters. The van der Waals surface area contributed by atoms with E-state index in [1.165, 1.54) is 16.8 Å². The first-order valence-electron chi connectivity index (χ1n) is 13.3. The number of nitrogens with zero attached hydrogens (tertiary/aromatic N) is 4. The molecule has 0 aliphatic carbocycles. The third-order valence-electron chi connectivity index (χ3n) is 7.09. The van der Waals surface area contributed by atoms with Gasteiger partial charge in [-0.25, -0.2) is 0 Å². The number of benzene rings is 3. The highest BCUT2D eigenvalue weighted by molar-refractivity contribution is 8.27. The first-order chi connectivity index (χ1) is 19.9. The van der Waals surface area contributed by atoms with Crippen LogP contribution in [0.5, 0.6) is 11.5 Å². The van der Waals surface area contributed by atoms with Gasteiger partial charge in [0, 0.05) is 22.2 Å². The highest BCUT2D eigenvalue weighted by Gasteiger charge is 2.36. The molecule has 0 unspecified atom stereocenters. The van der Waals surface area contributed by atoms with Crippen molar-refractivity contribution >= 4 is 50.7 Å². The van der Waals surface area contributed by atoms with Crippen molar-refractivity contribution in [1.29, 1.82) is 5.41 Å². The van der Waals surface area contributed by atoms with Crippen molar-refractivity contribution in [2.24, 2.45) is 10.1 Å². The molecule has 0 saturated carbocycles. The van der Waals surface area contributed by atoms with E-state index >= 15 is 0 Å². The highest BCUT2D eigenvalue weighted by Crippen LogP contribution is 2.32. The second-order valence-corrected chi connectivity index (χ2v) is 10.9. The number of hydrogen-bond donors (Lipinski definition) is 1. The standard InChI is InChI=1S/C32H29N5O3S/c1-20-13-14-21(2)28(17-20)39-16-15-36-22(3)25(24-11-7-8-12-27(24)36)18-26-30(33)37-32(34-31(26)38)41-29(35-37)19-40-23-9-5-4-6-10-23/h4-14,17-18,33H,15-16,19H2,1-3H3/b26-18-,33-30?. The average molecular weight is 564 g/mol. The lowest BCUT2D eigenvalue weighted by Crippen LogP contribution is -2.35. The van der Waals surface area contributed by atoms with Crippen LogP contribution in [-0.2, 0) is 11.3 Å². The van der Waals surface area contributed by atoms with E-state index in [2.05, 4.69) is 45.9 Å². The Morgan fingerprint density at radius 3 is 2.59 bits per heavy atom. The monoisotopic (exact) mass is 563 g/mol. The lowest BCUT2D eigenvalue weighted by molar-refractivity contribution is -0.114. The van der Waals surface area contributed by atoms with Crippen molar-refractivity contribution in [1.82, 2.24) is 9.58 Å². The van der Waals surface area contributed by atoms with Crippen LogP contribution in [0.4, 0.5) is 0 Å². The number of aryl methyl sites for hydroxylation is 2. The maximum atomic E-state index is 13.1. The molecule has 41 heavy (non-hydrogen) atoms. The summed E-state index contributed by atoms with van der Waals surface area (Å²) < 4.78 is 14.1. The van der Waals surface area contributed by atoms with Gasteiger partial charge in [0.15, 0.2) is 5.84 Å². The van der Waals surface area contributed by atoms with E-state index in [0.29, 0.717) is 23.4 Å². The molecule has 3 heterocycles. The topological polar surface area (TPSA) is 92.3 Å². The van der Waals surface area contributed by atoms with E-state index in [4.69, 9.17) is 14.9 Å². The van der Waals surface area contributed by atoms with Gasteiger partial charge < -0.3 is 14.0 Å². The van der Waals surface area contributed by atoms with Crippen LogP contribution in [0, 0.1) is 26.2 Å². The molecule has 0 fully saturated rings. The van der Waals surface area contributed by atoms with Crippen LogP contribution in [0.2, 0.25) is 0 Å². The van der Waals surface area contributed by atoms with Crippen molar-refractivity contribution in [3.63, 3.8) is 0 Å². The molecule has 8 nitrogen and oxygen atoms in total. The fourth-order valence-electron chi connectivity index (χ4n) is 4.93. The van der Waals surface area contributed by atoms with Crippen molar-refractivity contribution in [2.45, 2.75) is 27.3 Å². The molecule has 0 radical (unpaired) electrons. The molecule has 1 amide bonds. The fraction of sp³-hybridized carbons (Fsp3) is 0.188. The lowest BCUT2D eigenvalue weighted by atomic mass is 10.1. The number of nitrogens with one attached hydrogen (secondary N) is 1. The third kappa shape index (κ3) is 5.28. The van der Waals surface area contributed by atoms with Gasteiger partial charge in [0.2, 0.25) is 5.17 Å². The van der Waals surface area contributed by atoms with E-state index in [0.717, 1.165) is 44.8 Å². The number of carbonyl (C=O) groups excluding carboxylic acids is 1. The third-order valence-corrected chi connectivity index (χ3v) is 7.97. The number of amidine groups is 2. The predicted molar refractivity (Wildman–Crippen MR) is 165 cm³/mol. The average Bonchev–Trinajstić information content (AvgIpc) is 3.50. The SMILES string of the molecule is Cc1ccc(C)c(OCCn2c(C)c(/C=C3/C(=N)N4N=C(COc5ccccc5)SC4=NC3=O)c3ccccc32)c1. The molecule has 6 rings (SSSR count). The summed E-state index contributed by atoms with van der Waals surface area (Å²) >= 11 is 1.24. The first kappa shape index (κ1) is 26.6. The number of ether oxygens (including phenoxy) is 2. The van der Waals surface area contributed by atoms with Gasteiger partial charge in [0.25, 0.3) is 5.91 Å². The molecule has 2 aliphatic heterocycles. The minimum Gasteiger partial charge on any atom is -0.491 e. The van der Waals surface area contributed by atoms with E-state index in [1.807, 2.05) is 62.4 Å². The summed E-state index contributed by atoms with van der Waals surface area (Å²) in [5.41, 5.74) is 5.35. The Hall–Kier alpha value is -4.63. The van der Waals surface area contributed by atoms with Crippen LogP contribution in [0.3, 0.4) is 0 Å². The Kier molecular flexibility index (Phi) is 7.19. The summed E-state index contributed by atoms with van der Waals surface area (Å²) in [4.78, 5) is 17.4. The summed E-state index contributed by atoms with van der Waals surface area (Å²) in [6.45, 7) is 7.48. The molecule has 1 aromatic heterocycles. The van der Waals surface area contributed by atoms with Crippen LogP contribution in [0.15, 0.2) is 88.5 Å². The minimum atomic E-state index is -0.455. The summed E-state index contributed by atoms with van der Waals surface area (Å²) in [6, 6.07) is 23.7. The van der Waals surface area contributed by atoms with Crippen LogP contribution in [0.1, 0.15) is 22.4 Å². The van der Waals surface area contributed by atoms with Crippen molar-refractivity contribution in [2.75, 3.05) is 13.2 Å². The number of amides is 1. The number of para-hydroxylation sites is 2. The van der Waals surface area contributed by atoms with Crippen molar-refractivity contribution in [3.05, 3.63) is 101 Å². The van der Waals surface area contributed by atoms with E-state index < -0.39 is 5.91 Å². The van der Waals surface area contributed by atoms with E-state index in [9.17, 15) is 4.79 Å². The molecule has 0 bridgehead atoms. The quantitative estimate of drug-likeness (QED) is 0.253. The van der Waals surface area contributed by atoms with Crippen LogP contribution < -0.4 is 9.47 Å². The zero-order valence-electron chi connectivity index (χ0n) is 23.0. The Bertz CT molecular complexity index is 1770. The summed E-state index contributed by atoms with van der Waals surface area (Å²) in [7, 11) is 0. The highest BCUT2D eigenvalue weighted by atomic mass is 32.2. The second kappa shape index (κ2) is 11.1. The minimum absolute atomic E-state index is 0.00306. The van der Waals surface area contributed by atoms with Crippen LogP contribution in [-0.4, -0.2) is 44.7 Å². The lowest BCUT2D eigenvalue weighted by Gasteiger charge is -2.20. The number of thioether (sulfide) groups is 1. The zero-order valence-corrected chi connectivity index (χ0v) is 23.9. The van der Waals surface area contributed by atoms with E-state index in [-0.39, 0.29) is 18.0 Å². The Morgan fingerprint density at radius 1 is 0.976 bits per heavy atom. The van der Waals surface area contributed by atoms with Gasteiger partial charge in [0.1, 0.15) is 29.8 Å². The summed E-state index contributed by atoms with van der Waals surface area (Å²) in [5, 5.41) is 16.8. The Balaban J connectivity index is 1.25. The molecule has 0 spiro atoms. The number of hydrogen-bond acceptors (Lipinski definition) is 6. The maximum Gasteiger partial charge on any atom is 0.283 e. The zero-order chi connectivity index (χ0) is 28.5. The molecule has 9 heteroatoms. The van der Waals surface area contributed by atoms with Gasteiger partial charge in [-0.3, -0.25) is 10.2 Å². The number of aliphatic imine (C=N–C) groups is 1. The fourth-order valence-corrected chi connectivity index (χ4v) is 5.73. The normalized spacial score (nSPS) is 15.8. The molecule has 0 saturated heterocycles. The molecule has 2 aliphatic rings. The van der Waals surface area contributed by atoms with Gasteiger partial charge in [0.05, 0.1) is 12.1 Å². The second-order valence-electron chi connectivity index (χ2n) is 9.90. The summed E-state index contributed by atoms with van der Waals surface area (Å²) in [6.07, 6.45) is 1.77. The number of rotatable bonds is 8. The molecular formula is C32H29N5O3S. The molecule has 1 N–H and O–H groups in total. The molecule has 3 aromatic carbocycles. The number of hydrazone groups is 1. The van der Waals surface area contributed by atoms with Gasteiger partial charge in [-0.05, 0) is 74.0 Å². The number of fused-ring (bicyclic) bond motifs is 2. The molecular weight excluding hydrogens is 534 g/mol. The van der Waals surface area contributed by atoms with Crippen molar-refractivity contribution < 1.29 is 14.3 Å². The number of aromatic nitrogens is 1. The summed E-state index contributed by atoms with van der Waals surface area (Å²) in [5.74, 6) is 1.15. The van der Waals surface area contributed by atoms with Crippen molar-refractivity contribution in [3.8, 4) is 11.5 Å². The molecule has 4 aromatic rings. The van der Waals surface area contributed by atoms with Gasteiger partial charge >= 0.3 is 0 Å². The van der Waals surface area contributed by atoms with Gasteiger partial charge in [-0.15, -0.1) is 0 Å². The van der Waals surface area contributed by atoms with E-state index in [1.54, 1.807) is 6.08 Å². The first-order valence-corrected chi connectivity index (χ1v) is 14.2. The Morgan fingerprint density at radius 2 is 1.76 bits per heavy atom. The smallest absolute Gasteiger partial charge is 0.283 e. The number of carbonyl (C=O) groups is 1. The predicted octanol–water partition coefficient (Wildman–Crippen LogP) is 6.34. The maximum absolute atomic E-state index is 13.1. The van der Waals surface area contributed by atoms with Gasteiger partial charge in [-0.1, -0.05) is 48.5 Å². The van der Waals surface area contributed by atoms with Crippen LogP contribution in [0.25, 0.3) is 17.0 Å². The van der Waals surface area contributed by atoms with Gasteiger partial charge in [-0.2, -0.15) is 15.1 Å². The largest absolute Gasteiger partial charge is 0.491 e. The van der Waals surface area contributed by atoms with Crippen LogP contribution >= 0.6 is 11.8 Å². The Labute approximate surface area is 242 Å².